The highest BCUT2D eigenvalue weighted by Crippen LogP contribution is 2.35. The highest BCUT2D eigenvalue weighted by atomic mass is 15.1. The average Bonchev–Trinajstić information content (AvgIpc) is 3.02. The summed E-state index contributed by atoms with van der Waals surface area (Å²) in [6.07, 6.45) is 21.5. The van der Waals surface area contributed by atoms with E-state index in [1.54, 1.807) is 0 Å². The van der Waals surface area contributed by atoms with Crippen LogP contribution in [0, 0.1) is 0 Å². The maximum absolute atomic E-state index is 2.54. The SMILES string of the molecule is CCCCN(CCCC)c1ccc(/C=C/c2ccc(/C=C/c3ccc(C(C)(CCCC)CCCC)cc3)cc2)cc1. The predicted molar refractivity (Wildman–Crippen MR) is 186 cm³/mol. The zero-order valence-electron chi connectivity index (χ0n) is 26.7. The monoisotopic (exact) mass is 549 g/mol. The Morgan fingerprint density at radius 1 is 0.488 bits per heavy atom. The molecular formula is C40H55N. The fourth-order valence-electron chi connectivity index (χ4n) is 5.51. The lowest BCUT2D eigenvalue weighted by Crippen LogP contribution is -2.25. The summed E-state index contributed by atoms with van der Waals surface area (Å²) in [6.45, 7) is 13.9. The number of nitrogens with zero attached hydrogens (tertiary/aromatic N) is 1. The van der Waals surface area contributed by atoms with Gasteiger partial charge in [-0.2, -0.15) is 0 Å². The first-order chi connectivity index (χ1) is 20.0. The molecule has 0 saturated heterocycles. The molecule has 0 unspecified atom stereocenters. The van der Waals surface area contributed by atoms with Gasteiger partial charge < -0.3 is 4.90 Å². The molecule has 0 aromatic heterocycles. The summed E-state index contributed by atoms with van der Waals surface area (Å²) in [7, 11) is 0. The molecule has 0 saturated carbocycles. The van der Waals surface area contributed by atoms with Crippen LogP contribution in [0.4, 0.5) is 5.69 Å². The number of unbranched alkanes of at least 4 members (excludes halogenated alkanes) is 4. The Morgan fingerprint density at radius 2 is 0.829 bits per heavy atom. The molecule has 3 aromatic rings. The third kappa shape index (κ3) is 10.7. The number of hydrogen-bond acceptors (Lipinski definition) is 1. The van der Waals surface area contributed by atoms with Gasteiger partial charge in [-0.3, -0.25) is 0 Å². The van der Waals surface area contributed by atoms with Gasteiger partial charge in [0.1, 0.15) is 0 Å². The standard InChI is InChI=1S/C40H55N/c1-6-10-30-40(5,31-11-7-2)38-26-22-36(23-27-38)20-18-34-14-16-35(17-15-34)19-21-37-24-28-39(29-25-37)41(32-12-8-3)33-13-9-4/h14-29H,6-13,30-33H2,1-5H3/b20-18+,21-19+. The molecule has 0 radical (unpaired) electrons. The van der Waals surface area contributed by atoms with Gasteiger partial charge in [0, 0.05) is 18.8 Å². The summed E-state index contributed by atoms with van der Waals surface area (Å²) in [5, 5.41) is 0. The quantitative estimate of drug-likeness (QED) is 0.143. The second-order valence-electron chi connectivity index (χ2n) is 12.0. The van der Waals surface area contributed by atoms with Crippen molar-refractivity contribution in [2.75, 3.05) is 18.0 Å². The lowest BCUT2D eigenvalue weighted by atomic mass is 9.74. The zero-order valence-corrected chi connectivity index (χ0v) is 26.7. The van der Waals surface area contributed by atoms with Gasteiger partial charge in [0.05, 0.1) is 0 Å². The maximum atomic E-state index is 2.54. The van der Waals surface area contributed by atoms with E-state index in [1.807, 2.05) is 0 Å². The largest absolute Gasteiger partial charge is 0.372 e. The molecule has 0 fully saturated rings. The van der Waals surface area contributed by atoms with E-state index >= 15 is 0 Å². The summed E-state index contributed by atoms with van der Waals surface area (Å²) >= 11 is 0. The van der Waals surface area contributed by atoms with Crippen molar-refractivity contribution in [3.63, 3.8) is 0 Å². The zero-order chi connectivity index (χ0) is 29.3. The van der Waals surface area contributed by atoms with Crippen molar-refractivity contribution < 1.29 is 0 Å². The van der Waals surface area contributed by atoms with Crippen LogP contribution in [-0.2, 0) is 5.41 Å². The molecule has 220 valence electrons. The molecule has 0 spiro atoms. The van der Waals surface area contributed by atoms with Crippen molar-refractivity contribution in [3.8, 4) is 0 Å². The third-order valence-corrected chi connectivity index (χ3v) is 8.47. The molecule has 3 aromatic carbocycles. The first kappa shape index (κ1) is 32.5. The second-order valence-corrected chi connectivity index (χ2v) is 12.0. The predicted octanol–water partition coefficient (Wildman–Crippen LogP) is 12.1. The van der Waals surface area contributed by atoms with Gasteiger partial charge in [-0.05, 0) is 71.0 Å². The fraction of sp³-hybridized carbons (Fsp3) is 0.450. The maximum Gasteiger partial charge on any atom is 0.0366 e. The molecule has 0 N–H and O–H groups in total. The Labute approximate surface area is 252 Å². The topological polar surface area (TPSA) is 3.24 Å². The van der Waals surface area contributed by atoms with E-state index in [4.69, 9.17) is 0 Å². The molecule has 1 heteroatoms. The van der Waals surface area contributed by atoms with Crippen LogP contribution in [0.25, 0.3) is 24.3 Å². The van der Waals surface area contributed by atoms with E-state index in [2.05, 4.69) is 137 Å². The molecule has 0 aliphatic heterocycles. The summed E-state index contributed by atoms with van der Waals surface area (Å²) in [5.74, 6) is 0. The summed E-state index contributed by atoms with van der Waals surface area (Å²) in [5.41, 5.74) is 8.09. The molecule has 0 bridgehead atoms. The van der Waals surface area contributed by atoms with E-state index < -0.39 is 0 Å². The van der Waals surface area contributed by atoms with Gasteiger partial charge in [0.25, 0.3) is 0 Å². The first-order valence-corrected chi connectivity index (χ1v) is 16.4. The van der Waals surface area contributed by atoms with Crippen molar-refractivity contribution in [1.82, 2.24) is 0 Å². The number of rotatable bonds is 18. The van der Waals surface area contributed by atoms with Crippen LogP contribution in [0.3, 0.4) is 0 Å². The van der Waals surface area contributed by atoms with Gasteiger partial charge >= 0.3 is 0 Å². The Balaban J connectivity index is 1.59. The number of anilines is 1. The van der Waals surface area contributed by atoms with Gasteiger partial charge in [-0.15, -0.1) is 0 Å². The fourth-order valence-corrected chi connectivity index (χ4v) is 5.51. The lowest BCUT2D eigenvalue weighted by Gasteiger charge is -2.30. The molecule has 3 rings (SSSR count). The van der Waals surface area contributed by atoms with Crippen LogP contribution >= 0.6 is 0 Å². The van der Waals surface area contributed by atoms with Crippen molar-refractivity contribution in [3.05, 3.63) is 101 Å². The lowest BCUT2D eigenvalue weighted by molar-refractivity contribution is 0.374. The second kappa shape index (κ2) is 17.7. The average molecular weight is 550 g/mol. The summed E-state index contributed by atoms with van der Waals surface area (Å²) in [4.78, 5) is 2.54. The highest BCUT2D eigenvalue weighted by Gasteiger charge is 2.25. The smallest absolute Gasteiger partial charge is 0.0366 e. The van der Waals surface area contributed by atoms with E-state index in [-0.39, 0.29) is 0 Å². The van der Waals surface area contributed by atoms with Crippen LogP contribution in [0.15, 0.2) is 72.8 Å². The van der Waals surface area contributed by atoms with Crippen LogP contribution in [0.2, 0.25) is 0 Å². The van der Waals surface area contributed by atoms with Crippen LogP contribution in [0.5, 0.6) is 0 Å². The van der Waals surface area contributed by atoms with Crippen molar-refractivity contribution in [2.45, 2.75) is 104 Å². The van der Waals surface area contributed by atoms with Crippen molar-refractivity contribution in [2.24, 2.45) is 0 Å². The first-order valence-electron chi connectivity index (χ1n) is 16.4. The van der Waals surface area contributed by atoms with E-state index in [9.17, 15) is 0 Å². The molecular weight excluding hydrogens is 494 g/mol. The summed E-state index contributed by atoms with van der Waals surface area (Å²) in [6, 6.07) is 27.2. The molecule has 0 heterocycles. The van der Waals surface area contributed by atoms with Crippen molar-refractivity contribution in [1.29, 1.82) is 0 Å². The third-order valence-electron chi connectivity index (χ3n) is 8.47. The van der Waals surface area contributed by atoms with E-state index in [0.29, 0.717) is 5.41 Å². The molecule has 0 aliphatic carbocycles. The van der Waals surface area contributed by atoms with Crippen molar-refractivity contribution >= 4 is 30.0 Å². The Hall–Kier alpha value is -3.06. The van der Waals surface area contributed by atoms with E-state index in [0.717, 1.165) is 13.1 Å². The molecule has 0 amide bonds. The minimum atomic E-state index is 0.295. The molecule has 41 heavy (non-hydrogen) atoms. The van der Waals surface area contributed by atoms with Crippen LogP contribution < -0.4 is 4.90 Å². The Kier molecular flexibility index (Phi) is 14.0. The van der Waals surface area contributed by atoms with Gasteiger partial charge in [-0.1, -0.05) is 158 Å². The molecule has 0 aliphatic rings. The highest BCUT2D eigenvalue weighted by molar-refractivity contribution is 5.73. The number of benzene rings is 3. The minimum absolute atomic E-state index is 0.295. The Morgan fingerprint density at radius 3 is 1.20 bits per heavy atom. The molecule has 0 atom stereocenters. The van der Waals surface area contributed by atoms with E-state index in [1.165, 1.54) is 97.7 Å². The van der Waals surface area contributed by atoms with Crippen LogP contribution in [-0.4, -0.2) is 13.1 Å². The van der Waals surface area contributed by atoms with Crippen LogP contribution in [0.1, 0.15) is 127 Å². The minimum Gasteiger partial charge on any atom is -0.372 e. The number of hydrogen-bond donors (Lipinski definition) is 0. The Bertz CT molecular complexity index is 1150. The molecule has 1 nitrogen and oxygen atoms in total. The summed E-state index contributed by atoms with van der Waals surface area (Å²) < 4.78 is 0. The van der Waals surface area contributed by atoms with Gasteiger partial charge in [0.2, 0.25) is 0 Å². The van der Waals surface area contributed by atoms with Gasteiger partial charge in [-0.25, -0.2) is 0 Å². The van der Waals surface area contributed by atoms with Gasteiger partial charge in [0.15, 0.2) is 0 Å². The normalized spacial score (nSPS) is 12.0.